The van der Waals surface area contributed by atoms with Crippen molar-refractivity contribution in [3.8, 4) is 5.75 Å². The number of rotatable bonds is 9. The number of aromatic nitrogens is 1. The predicted octanol–water partition coefficient (Wildman–Crippen LogP) is 3.99. The number of hydrogen-bond donors (Lipinski definition) is 1. The summed E-state index contributed by atoms with van der Waals surface area (Å²) < 4.78 is 33.3. The molecule has 0 bridgehead atoms. The fraction of sp³-hybridized carbons (Fsp3) is 0.379. The van der Waals surface area contributed by atoms with Crippen LogP contribution < -0.4 is 19.9 Å². The Bertz CT molecular complexity index is 1400. The van der Waals surface area contributed by atoms with E-state index in [1.807, 2.05) is 55.7 Å². The molecule has 1 aliphatic heterocycles. The van der Waals surface area contributed by atoms with Crippen LogP contribution in [0.2, 0.25) is 0 Å². The van der Waals surface area contributed by atoms with Crippen LogP contribution in [0.4, 0.5) is 17.1 Å². The number of nitrogens with one attached hydrogen (secondary N) is 1. The highest BCUT2D eigenvalue weighted by molar-refractivity contribution is 7.89. The highest BCUT2D eigenvalue weighted by Crippen LogP contribution is 2.32. The predicted molar refractivity (Wildman–Crippen MR) is 155 cm³/mol. The molecule has 9 nitrogen and oxygen atoms in total. The maximum Gasteiger partial charge on any atom is 0.243 e. The first-order valence-corrected chi connectivity index (χ1v) is 14.5. The number of hydrogen-bond acceptors (Lipinski definition) is 7. The molecule has 10 heteroatoms. The zero-order valence-electron chi connectivity index (χ0n) is 23.3. The summed E-state index contributed by atoms with van der Waals surface area (Å²) in [6, 6.07) is 13.6. The van der Waals surface area contributed by atoms with Crippen molar-refractivity contribution >= 4 is 33.0 Å². The van der Waals surface area contributed by atoms with Crippen molar-refractivity contribution in [3.05, 3.63) is 71.5 Å². The Hall–Kier alpha value is -3.63. The third-order valence-corrected chi connectivity index (χ3v) is 9.49. The zero-order chi connectivity index (χ0) is 28.2. The van der Waals surface area contributed by atoms with Crippen LogP contribution in [0.25, 0.3) is 0 Å². The van der Waals surface area contributed by atoms with E-state index in [1.165, 1.54) is 17.0 Å². The normalized spacial score (nSPS) is 14.0. The van der Waals surface area contributed by atoms with E-state index in [4.69, 9.17) is 4.74 Å². The van der Waals surface area contributed by atoms with E-state index in [0.717, 1.165) is 37.4 Å². The summed E-state index contributed by atoms with van der Waals surface area (Å²) in [7, 11) is -0.698. The summed E-state index contributed by atoms with van der Waals surface area (Å²) in [6.07, 6.45) is 3.67. The van der Waals surface area contributed by atoms with E-state index in [1.54, 1.807) is 27.0 Å². The number of piperazine rings is 1. The van der Waals surface area contributed by atoms with Crippen molar-refractivity contribution in [2.45, 2.75) is 32.1 Å². The van der Waals surface area contributed by atoms with E-state index in [-0.39, 0.29) is 23.8 Å². The quantitative estimate of drug-likeness (QED) is 0.430. The fourth-order valence-corrected chi connectivity index (χ4v) is 6.57. The number of sulfonamides is 1. The van der Waals surface area contributed by atoms with Gasteiger partial charge < -0.3 is 19.9 Å². The first kappa shape index (κ1) is 28.4. The number of pyridine rings is 1. The smallest absolute Gasteiger partial charge is 0.243 e. The number of methoxy groups -OCH3 is 1. The van der Waals surface area contributed by atoms with Crippen LogP contribution in [0.1, 0.15) is 23.1 Å². The molecule has 208 valence electrons. The molecule has 39 heavy (non-hydrogen) atoms. The van der Waals surface area contributed by atoms with Crippen molar-refractivity contribution < 1.29 is 17.9 Å². The van der Waals surface area contributed by atoms with Crippen molar-refractivity contribution in [3.63, 3.8) is 0 Å². The Morgan fingerprint density at radius 3 is 2.08 bits per heavy atom. The van der Waals surface area contributed by atoms with Gasteiger partial charge in [-0.15, -0.1) is 0 Å². The molecule has 0 aliphatic carbocycles. The number of aryl methyl sites for hydroxylation is 1. The fourth-order valence-electron chi connectivity index (χ4n) is 4.92. The molecular formula is C29H37N5O4S. The van der Waals surface area contributed by atoms with E-state index >= 15 is 0 Å². The number of carbonyl (C=O) groups excluding carboxylic acids is 1. The van der Waals surface area contributed by atoms with Gasteiger partial charge in [0.05, 0.1) is 12.0 Å². The lowest BCUT2D eigenvalue weighted by atomic mass is 10.1. The summed E-state index contributed by atoms with van der Waals surface area (Å²) in [4.78, 5) is 21.7. The molecule has 0 atom stereocenters. The van der Waals surface area contributed by atoms with E-state index < -0.39 is 10.0 Å². The van der Waals surface area contributed by atoms with Crippen molar-refractivity contribution in [2.24, 2.45) is 0 Å². The van der Waals surface area contributed by atoms with E-state index in [0.29, 0.717) is 22.6 Å². The van der Waals surface area contributed by atoms with Gasteiger partial charge in [-0.2, -0.15) is 0 Å². The third-order valence-electron chi connectivity index (χ3n) is 7.34. The van der Waals surface area contributed by atoms with Gasteiger partial charge in [0.2, 0.25) is 15.9 Å². The molecular weight excluding hydrogens is 514 g/mol. The second-order valence-corrected chi connectivity index (χ2v) is 11.8. The molecule has 1 aliphatic rings. The number of amides is 1. The minimum atomic E-state index is -3.77. The number of carbonyl (C=O) groups is 1. The summed E-state index contributed by atoms with van der Waals surface area (Å²) in [6.45, 7) is 9.10. The lowest BCUT2D eigenvalue weighted by Crippen LogP contribution is -2.46. The van der Waals surface area contributed by atoms with E-state index in [9.17, 15) is 13.2 Å². The minimum Gasteiger partial charge on any atom is -0.496 e. The molecule has 0 unspecified atom stereocenters. The summed E-state index contributed by atoms with van der Waals surface area (Å²) in [5.74, 6) is 0.416. The SMILES string of the molecule is COc1cc(C)c(S(=O)(=O)N(C)CCC(=O)Nc2ccc(N3CCN(c4ccncc4)CC3)cc2)c(C)c1C. The maximum absolute atomic E-state index is 13.3. The standard InChI is InChI=1S/C29H37N5O4S/c1-21-20-27(38-5)22(2)23(3)29(21)39(36,37)32(4)15-12-28(35)31-24-6-8-25(9-7-24)33-16-18-34(19-17-33)26-10-13-30-14-11-26/h6-11,13-14,20H,12,15-19H2,1-5H3,(H,31,35). The van der Waals surface area contributed by atoms with Crippen LogP contribution in [0.3, 0.4) is 0 Å². The molecule has 2 aromatic carbocycles. The number of benzene rings is 2. The first-order valence-electron chi connectivity index (χ1n) is 13.0. The van der Waals surface area contributed by atoms with Gasteiger partial charge in [-0.05, 0) is 79.9 Å². The van der Waals surface area contributed by atoms with Crippen molar-refractivity contribution in [1.82, 2.24) is 9.29 Å². The Balaban J connectivity index is 1.30. The van der Waals surface area contributed by atoms with E-state index in [2.05, 4.69) is 20.1 Å². The molecule has 0 saturated carbocycles. The van der Waals surface area contributed by atoms with Gasteiger partial charge in [0.25, 0.3) is 0 Å². The summed E-state index contributed by atoms with van der Waals surface area (Å²) in [5, 5.41) is 2.88. The monoisotopic (exact) mass is 551 g/mol. The lowest BCUT2D eigenvalue weighted by Gasteiger charge is -2.37. The molecule has 4 rings (SSSR count). The third kappa shape index (κ3) is 6.34. The molecule has 3 aromatic rings. The van der Waals surface area contributed by atoms with Crippen LogP contribution in [-0.4, -0.2) is 70.5 Å². The molecule has 0 spiro atoms. The van der Waals surface area contributed by atoms with Gasteiger partial charge >= 0.3 is 0 Å². The second-order valence-electron chi connectivity index (χ2n) is 9.83. The molecule has 0 radical (unpaired) electrons. The molecule has 1 N–H and O–H groups in total. The van der Waals surface area contributed by atoms with Gasteiger partial charge in [-0.25, -0.2) is 12.7 Å². The molecule has 1 saturated heterocycles. The van der Waals surface area contributed by atoms with Crippen LogP contribution in [0.15, 0.2) is 59.8 Å². The van der Waals surface area contributed by atoms with Gasteiger partial charge in [-0.1, -0.05) is 0 Å². The highest BCUT2D eigenvalue weighted by atomic mass is 32.2. The number of ether oxygens (including phenoxy) is 1. The zero-order valence-corrected chi connectivity index (χ0v) is 24.1. The average Bonchev–Trinajstić information content (AvgIpc) is 2.94. The maximum atomic E-state index is 13.3. The Morgan fingerprint density at radius 2 is 1.51 bits per heavy atom. The molecule has 2 heterocycles. The Morgan fingerprint density at radius 1 is 0.949 bits per heavy atom. The molecule has 1 fully saturated rings. The highest BCUT2D eigenvalue weighted by Gasteiger charge is 2.27. The molecule has 1 amide bonds. The summed E-state index contributed by atoms with van der Waals surface area (Å²) >= 11 is 0. The van der Waals surface area contributed by atoms with Crippen LogP contribution in [-0.2, 0) is 14.8 Å². The van der Waals surface area contributed by atoms with Crippen molar-refractivity contribution in [2.75, 3.05) is 62.0 Å². The lowest BCUT2D eigenvalue weighted by molar-refractivity contribution is -0.116. The number of nitrogens with zero attached hydrogens (tertiary/aromatic N) is 4. The van der Waals surface area contributed by atoms with Gasteiger partial charge in [0.1, 0.15) is 5.75 Å². The van der Waals surface area contributed by atoms with Crippen molar-refractivity contribution in [1.29, 1.82) is 0 Å². The minimum absolute atomic E-state index is 0.0433. The van der Waals surface area contributed by atoms with Crippen LogP contribution in [0, 0.1) is 20.8 Å². The Kier molecular flexibility index (Phi) is 8.76. The Labute approximate surface area is 231 Å². The van der Waals surface area contributed by atoms with Gasteiger partial charge in [0, 0.05) is 75.6 Å². The average molecular weight is 552 g/mol. The van der Waals surface area contributed by atoms with Crippen LogP contribution in [0.5, 0.6) is 5.75 Å². The van der Waals surface area contributed by atoms with Crippen LogP contribution >= 0.6 is 0 Å². The topological polar surface area (TPSA) is 95.1 Å². The number of anilines is 3. The van der Waals surface area contributed by atoms with Gasteiger partial charge in [0.15, 0.2) is 0 Å². The largest absolute Gasteiger partial charge is 0.496 e. The second kappa shape index (κ2) is 12.0. The first-order chi connectivity index (χ1) is 18.6. The van der Waals surface area contributed by atoms with Gasteiger partial charge in [-0.3, -0.25) is 9.78 Å². The molecule has 1 aromatic heterocycles. The summed E-state index contributed by atoms with van der Waals surface area (Å²) in [5.41, 5.74) is 5.03.